The third-order valence-electron chi connectivity index (χ3n) is 2.42. The number of aliphatic hydroxyl groups excluding tert-OH is 1. The van der Waals surface area contributed by atoms with Gasteiger partial charge in [-0.3, -0.25) is 0 Å². The van der Waals surface area contributed by atoms with Gasteiger partial charge in [-0.05, 0) is 6.92 Å². The predicted octanol–water partition coefficient (Wildman–Crippen LogP) is 0.216. The second kappa shape index (κ2) is 6.14. The second-order valence-electron chi connectivity index (χ2n) is 3.71. The molecule has 1 aromatic heterocycles. The SMILES string of the molecule is C=CCN(CCO)S(=O)(=O)c1cc(CN)oc1C. The molecule has 0 aromatic carbocycles. The molecule has 0 saturated heterocycles. The van der Waals surface area contributed by atoms with Crippen LogP contribution in [-0.4, -0.2) is 37.5 Å². The van der Waals surface area contributed by atoms with Crippen molar-refractivity contribution < 1.29 is 17.9 Å². The van der Waals surface area contributed by atoms with Crippen molar-refractivity contribution in [3.05, 3.63) is 30.2 Å². The van der Waals surface area contributed by atoms with E-state index in [1.54, 1.807) is 6.92 Å². The van der Waals surface area contributed by atoms with Crippen molar-refractivity contribution in [2.45, 2.75) is 18.4 Å². The maximum atomic E-state index is 12.3. The number of rotatable bonds is 7. The van der Waals surface area contributed by atoms with Crippen LogP contribution in [0.5, 0.6) is 0 Å². The van der Waals surface area contributed by atoms with Gasteiger partial charge in [-0.1, -0.05) is 6.08 Å². The molecule has 0 unspecified atom stereocenters. The highest BCUT2D eigenvalue weighted by Crippen LogP contribution is 2.23. The highest BCUT2D eigenvalue weighted by molar-refractivity contribution is 7.89. The van der Waals surface area contributed by atoms with Gasteiger partial charge in [0, 0.05) is 19.2 Å². The molecule has 0 saturated carbocycles. The number of sulfonamides is 1. The van der Waals surface area contributed by atoms with Crippen molar-refractivity contribution in [3.8, 4) is 0 Å². The van der Waals surface area contributed by atoms with Crippen LogP contribution in [0, 0.1) is 6.92 Å². The van der Waals surface area contributed by atoms with E-state index in [4.69, 9.17) is 15.3 Å². The molecule has 0 atom stereocenters. The van der Waals surface area contributed by atoms with E-state index >= 15 is 0 Å². The lowest BCUT2D eigenvalue weighted by molar-refractivity contribution is 0.260. The number of furan rings is 1. The smallest absolute Gasteiger partial charge is 0.246 e. The normalized spacial score (nSPS) is 12.0. The van der Waals surface area contributed by atoms with Crippen molar-refractivity contribution in [2.24, 2.45) is 5.73 Å². The van der Waals surface area contributed by atoms with Gasteiger partial charge in [0.25, 0.3) is 0 Å². The molecule has 3 N–H and O–H groups in total. The van der Waals surface area contributed by atoms with E-state index in [0.717, 1.165) is 4.31 Å². The Hall–Kier alpha value is -1.15. The minimum Gasteiger partial charge on any atom is -0.464 e. The molecular formula is C11H18N2O4S. The van der Waals surface area contributed by atoms with Crippen molar-refractivity contribution in [2.75, 3.05) is 19.7 Å². The molecule has 1 rings (SSSR count). The van der Waals surface area contributed by atoms with Crippen LogP contribution in [0.2, 0.25) is 0 Å². The summed E-state index contributed by atoms with van der Waals surface area (Å²) in [6.07, 6.45) is 1.46. The third-order valence-corrected chi connectivity index (χ3v) is 4.40. The second-order valence-corrected chi connectivity index (χ2v) is 5.62. The summed E-state index contributed by atoms with van der Waals surface area (Å²) in [6, 6.07) is 1.41. The van der Waals surface area contributed by atoms with Gasteiger partial charge in [0.05, 0.1) is 13.2 Å². The minimum absolute atomic E-state index is 0.0108. The molecule has 1 aromatic rings. The molecule has 0 aliphatic carbocycles. The molecule has 0 bridgehead atoms. The van der Waals surface area contributed by atoms with E-state index in [0.29, 0.717) is 11.5 Å². The number of hydrogen-bond donors (Lipinski definition) is 2. The molecule has 6 nitrogen and oxygen atoms in total. The lowest BCUT2D eigenvalue weighted by Crippen LogP contribution is -2.33. The van der Waals surface area contributed by atoms with Crippen molar-refractivity contribution in [1.29, 1.82) is 0 Å². The summed E-state index contributed by atoms with van der Waals surface area (Å²) < 4.78 is 31.0. The maximum Gasteiger partial charge on any atom is 0.246 e. The molecule has 1 heterocycles. The first kappa shape index (κ1) is 14.9. The molecule has 7 heteroatoms. The van der Waals surface area contributed by atoms with Gasteiger partial charge in [0.1, 0.15) is 16.4 Å². The fourth-order valence-corrected chi connectivity index (χ4v) is 3.17. The van der Waals surface area contributed by atoms with Gasteiger partial charge < -0.3 is 15.3 Å². The Bertz CT molecular complexity index is 507. The van der Waals surface area contributed by atoms with Crippen molar-refractivity contribution in [3.63, 3.8) is 0 Å². The van der Waals surface area contributed by atoms with E-state index in [2.05, 4.69) is 6.58 Å². The Morgan fingerprint density at radius 3 is 2.72 bits per heavy atom. The van der Waals surface area contributed by atoms with Gasteiger partial charge in [-0.25, -0.2) is 8.42 Å². The topological polar surface area (TPSA) is 96.8 Å². The Morgan fingerprint density at radius 1 is 1.61 bits per heavy atom. The van der Waals surface area contributed by atoms with E-state index in [1.807, 2.05) is 0 Å². The molecule has 102 valence electrons. The lowest BCUT2D eigenvalue weighted by atomic mass is 10.4. The van der Waals surface area contributed by atoms with E-state index < -0.39 is 10.0 Å². The van der Waals surface area contributed by atoms with Crippen LogP contribution in [0.4, 0.5) is 0 Å². The zero-order valence-electron chi connectivity index (χ0n) is 10.3. The summed E-state index contributed by atoms with van der Waals surface area (Å²) in [5.41, 5.74) is 5.41. The lowest BCUT2D eigenvalue weighted by Gasteiger charge is -2.18. The Morgan fingerprint density at radius 2 is 2.28 bits per heavy atom. The standard InChI is InChI=1S/C11H18N2O4S/c1-3-4-13(5-6-14)18(15,16)11-7-10(8-12)17-9(11)2/h3,7,14H,1,4-6,8,12H2,2H3. The number of nitrogens with two attached hydrogens (primary N) is 1. The Kier molecular flexibility index (Phi) is 5.09. The summed E-state index contributed by atoms with van der Waals surface area (Å²) in [5, 5.41) is 8.91. The summed E-state index contributed by atoms with van der Waals surface area (Å²) in [6.45, 7) is 5.09. The molecule has 18 heavy (non-hydrogen) atoms. The number of nitrogens with zero attached hydrogens (tertiary/aromatic N) is 1. The molecular weight excluding hydrogens is 256 g/mol. The first-order valence-corrected chi connectivity index (χ1v) is 6.92. The molecule has 0 radical (unpaired) electrons. The molecule has 0 aliphatic heterocycles. The van der Waals surface area contributed by atoms with E-state index in [9.17, 15) is 8.42 Å². The Balaban J connectivity index is 3.16. The Labute approximate surface area is 107 Å². The van der Waals surface area contributed by atoms with Gasteiger partial charge >= 0.3 is 0 Å². The number of aliphatic hydroxyl groups is 1. The highest BCUT2D eigenvalue weighted by atomic mass is 32.2. The van der Waals surface area contributed by atoms with E-state index in [1.165, 1.54) is 12.1 Å². The summed E-state index contributed by atoms with van der Waals surface area (Å²) in [7, 11) is -3.69. The van der Waals surface area contributed by atoms with Gasteiger partial charge in [0.2, 0.25) is 10.0 Å². The van der Waals surface area contributed by atoms with Crippen molar-refractivity contribution in [1.82, 2.24) is 4.31 Å². The zero-order valence-corrected chi connectivity index (χ0v) is 11.1. The van der Waals surface area contributed by atoms with Crippen LogP contribution in [-0.2, 0) is 16.6 Å². The molecule has 0 amide bonds. The molecule has 0 fully saturated rings. The van der Waals surface area contributed by atoms with Gasteiger partial charge in [-0.2, -0.15) is 4.31 Å². The fraction of sp³-hybridized carbons (Fsp3) is 0.455. The first-order valence-electron chi connectivity index (χ1n) is 5.48. The predicted molar refractivity (Wildman–Crippen MR) is 67.4 cm³/mol. The van der Waals surface area contributed by atoms with Crippen LogP contribution in [0.15, 0.2) is 28.0 Å². The van der Waals surface area contributed by atoms with Gasteiger partial charge in [-0.15, -0.1) is 6.58 Å². The average molecular weight is 274 g/mol. The maximum absolute atomic E-state index is 12.3. The highest BCUT2D eigenvalue weighted by Gasteiger charge is 2.27. The van der Waals surface area contributed by atoms with Crippen LogP contribution in [0.1, 0.15) is 11.5 Å². The summed E-state index contributed by atoms with van der Waals surface area (Å²) in [4.78, 5) is 0.0817. The summed E-state index contributed by atoms with van der Waals surface area (Å²) >= 11 is 0. The minimum atomic E-state index is -3.69. The molecule has 0 aliphatic rings. The van der Waals surface area contributed by atoms with Crippen LogP contribution >= 0.6 is 0 Å². The van der Waals surface area contributed by atoms with Gasteiger partial charge in [0.15, 0.2) is 0 Å². The average Bonchev–Trinajstić information content (AvgIpc) is 2.71. The fourth-order valence-electron chi connectivity index (χ4n) is 1.59. The number of hydrogen-bond acceptors (Lipinski definition) is 5. The first-order chi connectivity index (χ1) is 8.47. The van der Waals surface area contributed by atoms with Crippen LogP contribution in [0.25, 0.3) is 0 Å². The largest absolute Gasteiger partial charge is 0.464 e. The molecule has 0 spiro atoms. The van der Waals surface area contributed by atoms with Crippen molar-refractivity contribution >= 4 is 10.0 Å². The van der Waals surface area contributed by atoms with E-state index in [-0.39, 0.29) is 31.1 Å². The number of aryl methyl sites for hydroxylation is 1. The monoisotopic (exact) mass is 274 g/mol. The third kappa shape index (κ3) is 2.99. The summed E-state index contributed by atoms with van der Waals surface area (Å²) in [5.74, 6) is 0.705. The van der Waals surface area contributed by atoms with Crippen LogP contribution < -0.4 is 5.73 Å². The quantitative estimate of drug-likeness (QED) is 0.693. The van der Waals surface area contributed by atoms with Crippen LogP contribution in [0.3, 0.4) is 0 Å². The zero-order chi connectivity index (χ0) is 13.8.